The number of aromatic nitrogens is 1. The number of carbonyl (C=O) groups excluding carboxylic acids is 2. The van der Waals surface area contributed by atoms with Crippen LogP contribution in [0.5, 0.6) is 0 Å². The van der Waals surface area contributed by atoms with Crippen LogP contribution in [0.25, 0.3) is 0 Å². The minimum atomic E-state index is -0.697. The van der Waals surface area contributed by atoms with Crippen molar-refractivity contribution in [3.05, 3.63) is 47.9 Å². The van der Waals surface area contributed by atoms with Crippen molar-refractivity contribution in [1.82, 2.24) is 14.8 Å². The van der Waals surface area contributed by atoms with E-state index < -0.39 is 6.09 Å². The van der Waals surface area contributed by atoms with E-state index in [0.717, 1.165) is 32.4 Å². The smallest absolute Gasteiger partial charge is 0.412 e. The number of anilines is 1. The first kappa shape index (κ1) is 20.2. The number of ether oxygens (including phenoxy) is 1. The Hall–Kier alpha value is -3.10. The van der Waals surface area contributed by atoms with E-state index in [9.17, 15) is 14.0 Å². The van der Waals surface area contributed by atoms with Gasteiger partial charge < -0.3 is 19.0 Å². The molecule has 1 aliphatic carbocycles. The monoisotopic (exact) mass is 416 g/mol. The summed E-state index contributed by atoms with van der Waals surface area (Å²) in [5.41, 5.74) is 1.08. The van der Waals surface area contributed by atoms with Crippen molar-refractivity contribution in [2.45, 2.75) is 31.8 Å². The van der Waals surface area contributed by atoms with Gasteiger partial charge in [0, 0.05) is 32.9 Å². The molecular formula is C21H25FN4O4. The molecule has 0 radical (unpaired) electrons. The summed E-state index contributed by atoms with van der Waals surface area (Å²) < 4.78 is 24.7. The lowest BCUT2D eigenvalue weighted by molar-refractivity contribution is 0.106. The SMILES string of the molecule is CN(C)C(=O)N1CCC2(CC(c3ccc(NC(=O)OCc4cnco4)cc3F)C2)C1. The number of nitrogens with zero attached hydrogens (tertiary/aromatic N) is 3. The second-order valence-electron chi connectivity index (χ2n) is 8.36. The van der Waals surface area contributed by atoms with Gasteiger partial charge in [-0.25, -0.2) is 19.0 Å². The molecule has 0 bridgehead atoms. The number of urea groups is 1. The molecule has 30 heavy (non-hydrogen) atoms. The Morgan fingerprint density at radius 1 is 1.40 bits per heavy atom. The summed E-state index contributed by atoms with van der Waals surface area (Å²) >= 11 is 0. The second-order valence-corrected chi connectivity index (χ2v) is 8.36. The summed E-state index contributed by atoms with van der Waals surface area (Å²) in [6, 6.07) is 4.74. The van der Waals surface area contributed by atoms with Gasteiger partial charge in [0.2, 0.25) is 0 Å². The van der Waals surface area contributed by atoms with Gasteiger partial charge in [-0.15, -0.1) is 0 Å². The van der Waals surface area contributed by atoms with Crippen LogP contribution < -0.4 is 5.32 Å². The van der Waals surface area contributed by atoms with Gasteiger partial charge in [-0.3, -0.25) is 5.32 Å². The van der Waals surface area contributed by atoms with E-state index in [-0.39, 0.29) is 29.8 Å². The lowest BCUT2D eigenvalue weighted by Gasteiger charge is -2.45. The first-order valence-corrected chi connectivity index (χ1v) is 9.92. The standard InChI is InChI=1S/C21H25FN4O4/c1-25(2)20(28)26-6-5-21(12-26)8-14(9-21)17-4-3-15(7-18(17)22)24-19(27)29-11-16-10-23-13-30-16/h3-4,7,10,13-14H,5-6,8-9,11-12H2,1-2H3,(H,24,27). The fourth-order valence-electron chi connectivity index (χ4n) is 4.46. The van der Waals surface area contributed by atoms with Crippen LogP contribution in [0.2, 0.25) is 0 Å². The van der Waals surface area contributed by atoms with Crippen molar-refractivity contribution in [2.24, 2.45) is 5.41 Å². The molecule has 2 fully saturated rings. The van der Waals surface area contributed by atoms with Gasteiger partial charge in [0.25, 0.3) is 0 Å². The zero-order chi connectivity index (χ0) is 21.3. The Morgan fingerprint density at radius 2 is 2.20 bits per heavy atom. The number of likely N-dealkylation sites (tertiary alicyclic amines) is 1. The number of hydrogen-bond donors (Lipinski definition) is 1. The first-order chi connectivity index (χ1) is 14.3. The molecule has 1 saturated heterocycles. The highest BCUT2D eigenvalue weighted by molar-refractivity contribution is 5.84. The Morgan fingerprint density at radius 3 is 2.87 bits per heavy atom. The summed E-state index contributed by atoms with van der Waals surface area (Å²) in [5, 5.41) is 2.51. The van der Waals surface area contributed by atoms with Crippen molar-refractivity contribution in [1.29, 1.82) is 0 Å². The average Bonchev–Trinajstić information content (AvgIpc) is 3.35. The average molecular weight is 416 g/mol. The molecule has 9 heteroatoms. The van der Waals surface area contributed by atoms with Crippen LogP contribution in [0.1, 0.15) is 36.5 Å². The van der Waals surface area contributed by atoms with Crippen molar-refractivity contribution >= 4 is 17.8 Å². The van der Waals surface area contributed by atoms with E-state index in [0.29, 0.717) is 17.0 Å². The van der Waals surface area contributed by atoms with E-state index in [4.69, 9.17) is 9.15 Å². The molecule has 3 amide bonds. The molecule has 1 aromatic carbocycles. The van der Waals surface area contributed by atoms with E-state index in [1.807, 2.05) is 4.90 Å². The molecule has 1 aliphatic heterocycles. The highest BCUT2D eigenvalue weighted by Gasteiger charge is 2.50. The van der Waals surface area contributed by atoms with Gasteiger partial charge in [0.1, 0.15) is 5.82 Å². The number of halogens is 1. The van der Waals surface area contributed by atoms with Crippen molar-refractivity contribution in [3.8, 4) is 0 Å². The number of nitrogens with one attached hydrogen (secondary N) is 1. The van der Waals surface area contributed by atoms with Crippen LogP contribution in [-0.2, 0) is 11.3 Å². The second kappa shape index (κ2) is 7.97. The molecule has 1 aromatic heterocycles. The van der Waals surface area contributed by atoms with E-state index in [1.54, 1.807) is 31.1 Å². The Bertz CT molecular complexity index is 925. The van der Waals surface area contributed by atoms with Gasteiger partial charge >= 0.3 is 12.1 Å². The molecule has 1 saturated carbocycles. The lowest BCUT2D eigenvalue weighted by atomic mass is 9.59. The maximum atomic E-state index is 14.7. The third kappa shape index (κ3) is 4.10. The first-order valence-electron chi connectivity index (χ1n) is 9.92. The van der Waals surface area contributed by atoms with Crippen LogP contribution in [0.15, 0.2) is 35.2 Å². The Balaban J connectivity index is 1.30. The molecule has 4 rings (SSSR count). The predicted octanol–water partition coefficient (Wildman–Crippen LogP) is 3.81. The lowest BCUT2D eigenvalue weighted by Crippen LogP contribution is -2.42. The molecule has 2 aliphatic rings. The topological polar surface area (TPSA) is 87.9 Å². The highest BCUT2D eigenvalue weighted by atomic mass is 19.1. The van der Waals surface area contributed by atoms with Crippen molar-refractivity contribution < 1.29 is 23.1 Å². The zero-order valence-corrected chi connectivity index (χ0v) is 17.1. The third-order valence-electron chi connectivity index (χ3n) is 5.97. The normalized spacial score (nSPS) is 22.6. The van der Waals surface area contributed by atoms with Crippen LogP contribution in [-0.4, -0.2) is 54.1 Å². The van der Waals surface area contributed by atoms with Crippen LogP contribution in [0.3, 0.4) is 0 Å². The maximum absolute atomic E-state index is 14.7. The fourth-order valence-corrected chi connectivity index (χ4v) is 4.46. The molecule has 0 unspecified atom stereocenters. The summed E-state index contributed by atoms with van der Waals surface area (Å²) in [6.45, 7) is 1.44. The number of hydrogen-bond acceptors (Lipinski definition) is 5. The van der Waals surface area contributed by atoms with Crippen LogP contribution >= 0.6 is 0 Å². The molecular weight excluding hydrogens is 391 g/mol. The summed E-state index contributed by atoms with van der Waals surface area (Å²) in [4.78, 5) is 31.2. The predicted molar refractivity (Wildman–Crippen MR) is 106 cm³/mol. The van der Waals surface area contributed by atoms with Crippen LogP contribution in [0, 0.1) is 11.2 Å². The molecule has 0 atom stereocenters. The summed E-state index contributed by atoms with van der Waals surface area (Å²) in [5.74, 6) is 0.206. The van der Waals surface area contributed by atoms with E-state index in [1.165, 1.54) is 18.7 Å². The van der Waals surface area contributed by atoms with E-state index >= 15 is 0 Å². The molecule has 2 aromatic rings. The van der Waals surface area contributed by atoms with Crippen molar-refractivity contribution in [3.63, 3.8) is 0 Å². The number of oxazole rings is 1. The molecule has 2 heterocycles. The van der Waals surface area contributed by atoms with E-state index in [2.05, 4.69) is 10.3 Å². The molecule has 1 N–H and O–H groups in total. The number of amides is 3. The highest BCUT2D eigenvalue weighted by Crippen LogP contribution is 2.56. The minimum Gasteiger partial charge on any atom is -0.445 e. The van der Waals surface area contributed by atoms with Gasteiger partial charge in [0.05, 0.1) is 6.20 Å². The summed E-state index contributed by atoms with van der Waals surface area (Å²) in [6.07, 6.45) is 4.70. The van der Waals surface area contributed by atoms with Gasteiger partial charge in [-0.2, -0.15) is 0 Å². The quantitative estimate of drug-likeness (QED) is 0.819. The third-order valence-corrected chi connectivity index (χ3v) is 5.97. The Labute approximate surface area is 174 Å². The van der Waals surface area contributed by atoms with Crippen LogP contribution in [0.4, 0.5) is 19.7 Å². The molecule has 160 valence electrons. The Kier molecular flexibility index (Phi) is 5.36. The van der Waals surface area contributed by atoms with Gasteiger partial charge in [0.15, 0.2) is 18.8 Å². The zero-order valence-electron chi connectivity index (χ0n) is 17.1. The summed E-state index contributed by atoms with van der Waals surface area (Å²) in [7, 11) is 3.51. The minimum absolute atomic E-state index is 0.0344. The fraction of sp³-hybridized carbons (Fsp3) is 0.476. The van der Waals surface area contributed by atoms with Gasteiger partial charge in [-0.05, 0) is 48.3 Å². The number of rotatable bonds is 4. The van der Waals surface area contributed by atoms with Gasteiger partial charge in [-0.1, -0.05) is 6.07 Å². The molecule has 1 spiro atoms. The number of benzene rings is 1. The maximum Gasteiger partial charge on any atom is 0.412 e. The largest absolute Gasteiger partial charge is 0.445 e. The number of carbonyl (C=O) groups is 2. The van der Waals surface area contributed by atoms with Crippen molar-refractivity contribution in [2.75, 3.05) is 32.5 Å². The molecule has 8 nitrogen and oxygen atoms in total.